The Labute approximate surface area is 127 Å². The molecule has 2 heterocycles. The Morgan fingerprint density at radius 1 is 1.21 bits per heavy atom. The van der Waals surface area contributed by atoms with Crippen molar-refractivity contribution in [2.45, 2.75) is 26.7 Å². The summed E-state index contributed by atoms with van der Waals surface area (Å²) in [7, 11) is 1.88. The second-order valence-electron chi connectivity index (χ2n) is 4.69. The van der Waals surface area contributed by atoms with Crippen molar-refractivity contribution in [3.8, 4) is 11.4 Å². The van der Waals surface area contributed by atoms with Crippen LogP contribution in [-0.4, -0.2) is 22.0 Å². The predicted octanol–water partition coefficient (Wildman–Crippen LogP) is 3.62. The van der Waals surface area contributed by atoms with Gasteiger partial charge in [-0.2, -0.15) is 0 Å². The van der Waals surface area contributed by atoms with Gasteiger partial charge in [-0.1, -0.05) is 13.8 Å². The number of aryl methyl sites for hydroxylation is 1. The van der Waals surface area contributed by atoms with E-state index in [1.807, 2.05) is 32.3 Å². The third-order valence-electron chi connectivity index (χ3n) is 2.83. The van der Waals surface area contributed by atoms with Crippen molar-refractivity contribution >= 4 is 28.4 Å². The molecule has 100 valence electrons. The van der Waals surface area contributed by atoms with Gasteiger partial charge in [0.25, 0.3) is 0 Å². The van der Waals surface area contributed by atoms with E-state index in [1.54, 1.807) is 0 Å². The zero-order valence-electron chi connectivity index (χ0n) is 11.5. The Balaban J connectivity index is 2.57. The lowest BCUT2D eigenvalue weighted by Crippen LogP contribution is -2.06. The van der Waals surface area contributed by atoms with Gasteiger partial charge in [-0.3, -0.25) is 4.98 Å². The highest BCUT2D eigenvalue weighted by Gasteiger charge is 2.15. The normalized spacial score (nSPS) is 10.8. The molecule has 0 saturated carbocycles. The van der Waals surface area contributed by atoms with Crippen LogP contribution in [-0.2, 0) is 0 Å². The number of pyridine rings is 1. The Kier molecular flexibility index (Phi) is 4.34. The molecule has 0 spiro atoms. The number of nitrogens with zero attached hydrogens (tertiary/aromatic N) is 3. The topological polar surface area (TPSA) is 50.7 Å². The van der Waals surface area contributed by atoms with E-state index >= 15 is 0 Å². The van der Waals surface area contributed by atoms with Crippen LogP contribution in [0.25, 0.3) is 11.4 Å². The summed E-state index contributed by atoms with van der Waals surface area (Å²) in [5.74, 6) is 1.95. The van der Waals surface area contributed by atoms with Crippen LogP contribution in [0.5, 0.6) is 0 Å². The summed E-state index contributed by atoms with van der Waals surface area (Å²) in [5.41, 5.74) is 3.00. The molecule has 0 saturated heterocycles. The Morgan fingerprint density at radius 3 is 2.47 bits per heavy atom. The molecule has 0 fully saturated rings. The third kappa shape index (κ3) is 3.02. The van der Waals surface area contributed by atoms with Gasteiger partial charge in [0.1, 0.15) is 5.82 Å². The van der Waals surface area contributed by atoms with Crippen LogP contribution in [0.3, 0.4) is 0 Å². The first-order valence-electron chi connectivity index (χ1n) is 6.21. The predicted molar refractivity (Wildman–Crippen MR) is 86.4 cm³/mol. The Morgan fingerprint density at radius 2 is 1.95 bits per heavy atom. The maximum absolute atomic E-state index is 4.68. The molecular formula is C14H17IN4. The van der Waals surface area contributed by atoms with Gasteiger partial charge in [-0.25, -0.2) is 9.97 Å². The first-order valence-corrected chi connectivity index (χ1v) is 7.29. The van der Waals surface area contributed by atoms with E-state index in [4.69, 9.17) is 0 Å². The number of hydrogen-bond acceptors (Lipinski definition) is 4. The molecule has 0 atom stereocenters. The van der Waals surface area contributed by atoms with Crippen LogP contribution in [0, 0.1) is 10.5 Å². The highest BCUT2D eigenvalue weighted by atomic mass is 127. The maximum atomic E-state index is 4.68. The van der Waals surface area contributed by atoms with Crippen LogP contribution in [0.1, 0.15) is 31.2 Å². The Bertz CT molecular complexity index is 579. The van der Waals surface area contributed by atoms with Gasteiger partial charge in [-0.15, -0.1) is 0 Å². The van der Waals surface area contributed by atoms with Crippen molar-refractivity contribution in [3.05, 3.63) is 33.3 Å². The van der Waals surface area contributed by atoms with Gasteiger partial charge in [0.2, 0.25) is 0 Å². The number of nitrogens with one attached hydrogen (secondary N) is 1. The average molecular weight is 368 g/mol. The molecular weight excluding hydrogens is 351 g/mol. The number of hydrogen-bond donors (Lipinski definition) is 1. The average Bonchev–Trinajstić information content (AvgIpc) is 2.39. The fourth-order valence-electron chi connectivity index (χ4n) is 1.74. The minimum absolute atomic E-state index is 0.360. The number of anilines is 1. The molecule has 0 aliphatic rings. The van der Waals surface area contributed by atoms with Crippen molar-refractivity contribution in [3.63, 3.8) is 0 Å². The van der Waals surface area contributed by atoms with Crippen molar-refractivity contribution < 1.29 is 0 Å². The summed E-state index contributed by atoms with van der Waals surface area (Å²) < 4.78 is 1.08. The highest BCUT2D eigenvalue weighted by Crippen LogP contribution is 2.27. The van der Waals surface area contributed by atoms with Gasteiger partial charge in [0.05, 0.1) is 9.26 Å². The van der Waals surface area contributed by atoms with Crippen molar-refractivity contribution in [1.29, 1.82) is 0 Å². The molecule has 5 heteroatoms. The molecule has 19 heavy (non-hydrogen) atoms. The monoisotopic (exact) mass is 368 g/mol. The van der Waals surface area contributed by atoms with E-state index in [1.165, 1.54) is 0 Å². The lowest BCUT2D eigenvalue weighted by atomic mass is 10.1. The molecule has 1 N–H and O–H groups in total. The minimum Gasteiger partial charge on any atom is -0.372 e. The van der Waals surface area contributed by atoms with Gasteiger partial charge in [-0.05, 0) is 47.6 Å². The lowest BCUT2D eigenvalue weighted by Gasteiger charge is -2.13. The van der Waals surface area contributed by atoms with Gasteiger partial charge in [0, 0.05) is 24.5 Å². The minimum atomic E-state index is 0.360. The summed E-state index contributed by atoms with van der Waals surface area (Å²) in [6, 6.07) is 3.98. The molecule has 0 aromatic carbocycles. The number of halogens is 1. The lowest BCUT2D eigenvalue weighted by molar-refractivity contribution is 0.809. The van der Waals surface area contributed by atoms with Crippen LogP contribution in [0.2, 0.25) is 0 Å². The fraction of sp³-hybridized carbons (Fsp3) is 0.357. The maximum Gasteiger partial charge on any atom is 0.163 e. The summed E-state index contributed by atoms with van der Waals surface area (Å²) >= 11 is 2.29. The van der Waals surface area contributed by atoms with Gasteiger partial charge in [0.15, 0.2) is 5.82 Å². The molecule has 2 aromatic heterocycles. The largest absolute Gasteiger partial charge is 0.372 e. The Hall–Kier alpha value is -1.24. The molecule has 4 nitrogen and oxygen atoms in total. The van der Waals surface area contributed by atoms with Gasteiger partial charge < -0.3 is 5.32 Å². The summed E-state index contributed by atoms with van der Waals surface area (Å²) in [6.45, 7) is 6.25. The standard InChI is InChI=1S/C14H17IN4/c1-8(2)12-11(15)14(16-4)19-13(18-12)10-6-5-9(3)17-7-10/h5-8H,1-4H3,(H,16,18,19). The van der Waals surface area contributed by atoms with Crippen molar-refractivity contribution in [2.75, 3.05) is 12.4 Å². The summed E-state index contributed by atoms with van der Waals surface area (Å²) in [5, 5.41) is 3.13. The van der Waals surface area contributed by atoms with E-state index in [-0.39, 0.29) is 0 Å². The smallest absolute Gasteiger partial charge is 0.163 e. The zero-order chi connectivity index (χ0) is 14.0. The second kappa shape index (κ2) is 5.81. The van der Waals surface area contributed by atoms with E-state index in [2.05, 4.69) is 56.7 Å². The molecule has 0 amide bonds. The number of rotatable bonds is 3. The fourth-order valence-corrected chi connectivity index (χ4v) is 2.88. The summed E-state index contributed by atoms with van der Waals surface area (Å²) in [4.78, 5) is 13.6. The van der Waals surface area contributed by atoms with E-state index in [9.17, 15) is 0 Å². The van der Waals surface area contributed by atoms with Crippen LogP contribution in [0.4, 0.5) is 5.82 Å². The molecule has 2 aromatic rings. The zero-order valence-corrected chi connectivity index (χ0v) is 13.7. The molecule has 0 aliphatic carbocycles. The van der Waals surface area contributed by atoms with E-state index in [0.717, 1.165) is 32.2 Å². The highest BCUT2D eigenvalue weighted by molar-refractivity contribution is 14.1. The molecule has 2 rings (SSSR count). The first kappa shape index (κ1) is 14.2. The molecule has 0 bridgehead atoms. The number of aromatic nitrogens is 3. The van der Waals surface area contributed by atoms with Crippen molar-refractivity contribution in [1.82, 2.24) is 15.0 Å². The molecule has 0 radical (unpaired) electrons. The van der Waals surface area contributed by atoms with Crippen LogP contribution >= 0.6 is 22.6 Å². The summed E-state index contributed by atoms with van der Waals surface area (Å²) in [6.07, 6.45) is 1.82. The quantitative estimate of drug-likeness (QED) is 0.841. The van der Waals surface area contributed by atoms with Crippen LogP contribution < -0.4 is 5.32 Å². The van der Waals surface area contributed by atoms with E-state index in [0.29, 0.717) is 5.92 Å². The molecule has 0 unspecified atom stereocenters. The van der Waals surface area contributed by atoms with Gasteiger partial charge >= 0.3 is 0 Å². The van der Waals surface area contributed by atoms with E-state index < -0.39 is 0 Å². The second-order valence-corrected chi connectivity index (χ2v) is 5.77. The first-order chi connectivity index (χ1) is 9.02. The van der Waals surface area contributed by atoms with Crippen molar-refractivity contribution in [2.24, 2.45) is 0 Å². The SMILES string of the molecule is CNc1nc(-c2ccc(C)nc2)nc(C(C)C)c1I. The third-order valence-corrected chi connectivity index (χ3v) is 3.89. The molecule has 0 aliphatic heterocycles. The van der Waals surface area contributed by atoms with Crippen LogP contribution in [0.15, 0.2) is 18.3 Å².